The lowest BCUT2D eigenvalue weighted by Gasteiger charge is -2.30. The van der Waals surface area contributed by atoms with Crippen LogP contribution in [0.25, 0.3) is 10.9 Å². The van der Waals surface area contributed by atoms with E-state index in [0.717, 1.165) is 10.9 Å². The van der Waals surface area contributed by atoms with Gasteiger partial charge in [-0.3, -0.25) is 4.79 Å². The van der Waals surface area contributed by atoms with Gasteiger partial charge >= 0.3 is 6.09 Å². The fourth-order valence-corrected chi connectivity index (χ4v) is 6.97. The maximum Gasteiger partial charge on any atom is 0.419 e. The molecule has 0 saturated heterocycles. The van der Waals surface area contributed by atoms with Gasteiger partial charge in [-0.15, -0.1) is 0 Å². The summed E-state index contributed by atoms with van der Waals surface area (Å²) in [6.45, 7) is 4.08. The Morgan fingerprint density at radius 1 is 1.19 bits per heavy atom. The van der Waals surface area contributed by atoms with Crippen LogP contribution in [0.2, 0.25) is 5.02 Å². The molecule has 1 amide bonds. The summed E-state index contributed by atoms with van der Waals surface area (Å²) in [5, 5.41) is 1.79. The molecule has 0 fully saturated rings. The lowest BCUT2D eigenvalue weighted by atomic mass is 9.84. The number of fused-ring (bicyclic) bond motifs is 3. The highest BCUT2D eigenvalue weighted by atomic mass is 35.5. The van der Waals surface area contributed by atoms with E-state index in [1.165, 1.54) is 16.7 Å². The van der Waals surface area contributed by atoms with Crippen LogP contribution in [0.1, 0.15) is 38.4 Å². The van der Waals surface area contributed by atoms with Crippen LogP contribution in [-0.2, 0) is 32.2 Å². The minimum atomic E-state index is -4.15. The van der Waals surface area contributed by atoms with Gasteiger partial charge in [0, 0.05) is 16.1 Å². The van der Waals surface area contributed by atoms with Crippen LogP contribution >= 0.6 is 11.6 Å². The molecule has 0 aliphatic heterocycles. The van der Waals surface area contributed by atoms with Gasteiger partial charge in [0.05, 0.1) is 10.4 Å². The van der Waals surface area contributed by atoms with Gasteiger partial charge < -0.3 is 10.1 Å². The van der Waals surface area contributed by atoms with Crippen LogP contribution in [-0.4, -0.2) is 42.6 Å². The minimum absolute atomic E-state index is 0.0192. The van der Waals surface area contributed by atoms with E-state index in [-0.39, 0.29) is 11.3 Å². The molecule has 10 heteroatoms. The first kappa shape index (κ1) is 26.2. The number of hydrogen-bond donors (Lipinski definition) is 1. The fourth-order valence-electron chi connectivity index (χ4n) is 4.86. The van der Waals surface area contributed by atoms with Crippen molar-refractivity contribution in [3.8, 4) is 0 Å². The maximum absolute atomic E-state index is 13.6. The van der Waals surface area contributed by atoms with Gasteiger partial charge in [0.15, 0.2) is 16.6 Å². The molecule has 0 spiro atoms. The fraction of sp³-hybridized carbons (Fsp3) is 0.385. The highest BCUT2D eigenvalue weighted by Crippen LogP contribution is 2.39. The summed E-state index contributed by atoms with van der Waals surface area (Å²) in [6.07, 6.45) is 0.268. The van der Waals surface area contributed by atoms with Crippen LogP contribution < -0.4 is 5.32 Å². The molecule has 36 heavy (non-hydrogen) atoms. The van der Waals surface area contributed by atoms with E-state index in [1.54, 1.807) is 57.2 Å². The van der Waals surface area contributed by atoms with Gasteiger partial charge in [-0.25, -0.2) is 22.2 Å². The summed E-state index contributed by atoms with van der Waals surface area (Å²) in [5.41, 5.74) is 1.26. The smallest absolute Gasteiger partial charge is 0.419 e. The molecule has 2 aromatic carbocycles. The number of carbonyl (C=O) groups excluding carboxylic acids is 2. The van der Waals surface area contributed by atoms with Gasteiger partial charge in [0.25, 0.3) is 0 Å². The van der Waals surface area contributed by atoms with Crippen molar-refractivity contribution in [2.45, 2.75) is 55.8 Å². The Hall–Kier alpha value is -2.91. The first-order chi connectivity index (χ1) is 16.9. The van der Waals surface area contributed by atoms with Gasteiger partial charge in [0.1, 0.15) is 10.9 Å². The second-order valence-electron chi connectivity index (χ2n) is 9.86. The normalized spacial score (nSPS) is 16.9. The Morgan fingerprint density at radius 3 is 2.53 bits per heavy atom. The van der Waals surface area contributed by atoms with E-state index in [4.69, 9.17) is 16.3 Å². The number of nitrogens with one attached hydrogen (secondary N) is 1. The molecule has 1 aromatic heterocycles. The van der Waals surface area contributed by atoms with Crippen LogP contribution in [0, 0.1) is 5.92 Å². The standard InChI is InChI=1S/C26H28ClFN2O5S/c1-26(2,3)35-25(32)30-21-12-10-17(27)14-20(21)19-11-9-16(13-22(19)30)23(24(31)29-15-28)36(33,34)18-7-5-4-6-8-18/h4-8,10,12,14,16,23H,9,11,13,15H2,1-3H3,(H,29,31). The van der Waals surface area contributed by atoms with Gasteiger partial charge in [-0.05, 0) is 81.8 Å². The molecule has 2 atom stereocenters. The van der Waals surface area contributed by atoms with Crippen LogP contribution in [0.3, 0.4) is 0 Å². The number of nitrogens with zero attached hydrogens (tertiary/aromatic N) is 1. The van der Waals surface area contributed by atoms with E-state index in [9.17, 15) is 22.4 Å². The topological polar surface area (TPSA) is 94.5 Å². The summed E-state index contributed by atoms with van der Waals surface area (Å²) in [6, 6.07) is 12.8. The Bertz CT molecular complexity index is 1410. The summed E-state index contributed by atoms with van der Waals surface area (Å²) in [5.74, 6) is -1.60. The molecule has 4 rings (SSSR count). The number of ether oxygens (including phenoxy) is 1. The Morgan fingerprint density at radius 2 is 1.89 bits per heavy atom. The summed E-state index contributed by atoms with van der Waals surface area (Å²) < 4.78 is 47.4. The quantitative estimate of drug-likeness (QED) is 0.461. The molecule has 192 valence electrons. The van der Waals surface area contributed by atoms with E-state index < -0.39 is 45.4 Å². The number of alkyl halides is 1. The first-order valence-electron chi connectivity index (χ1n) is 11.6. The molecular weight excluding hydrogens is 507 g/mol. The van der Waals surface area contributed by atoms with E-state index in [0.29, 0.717) is 29.1 Å². The molecule has 0 radical (unpaired) electrons. The van der Waals surface area contributed by atoms with Crippen molar-refractivity contribution in [2.75, 3.05) is 6.80 Å². The van der Waals surface area contributed by atoms with Crippen LogP contribution in [0.15, 0.2) is 53.4 Å². The second-order valence-corrected chi connectivity index (χ2v) is 12.4. The molecule has 1 aliphatic carbocycles. The highest BCUT2D eigenvalue weighted by Gasteiger charge is 2.43. The number of rotatable bonds is 5. The number of carbonyl (C=O) groups is 2. The van der Waals surface area contributed by atoms with Crippen molar-refractivity contribution in [3.63, 3.8) is 0 Å². The zero-order valence-electron chi connectivity index (χ0n) is 20.3. The molecule has 1 heterocycles. The maximum atomic E-state index is 13.6. The Labute approximate surface area is 214 Å². The van der Waals surface area contributed by atoms with Crippen molar-refractivity contribution in [3.05, 3.63) is 64.8 Å². The molecule has 0 bridgehead atoms. The average Bonchev–Trinajstić information content (AvgIpc) is 3.11. The lowest BCUT2D eigenvalue weighted by Crippen LogP contribution is -2.46. The van der Waals surface area contributed by atoms with Crippen molar-refractivity contribution in [1.29, 1.82) is 0 Å². The molecule has 1 N–H and O–H groups in total. The van der Waals surface area contributed by atoms with Gasteiger partial charge in [-0.1, -0.05) is 29.8 Å². The molecule has 0 saturated carbocycles. The third kappa shape index (κ3) is 4.99. The number of halogens is 2. The molecular formula is C26H28ClFN2O5S. The number of sulfone groups is 1. The number of hydrogen-bond acceptors (Lipinski definition) is 5. The third-order valence-corrected chi connectivity index (χ3v) is 8.71. The molecule has 2 unspecified atom stereocenters. The van der Waals surface area contributed by atoms with Crippen molar-refractivity contribution < 1.29 is 27.1 Å². The largest absolute Gasteiger partial charge is 0.443 e. The molecule has 3 aromatic rings. The van der Waals surface area contributed by atoms with Crippen LogP contribution in [0.5, 0.6) is 0 Å². The minimum Gasteiger partial charge on any atom is -0.443 e. The Kier molecular flexibility index (Phi) is 7.16. The second kappa shape index (κ2) is 9.86. The van der Waals surface area contributed by atoms with Crippen molar-refractivity contribution in [1.82, 2.24) is 9.88 Å². The third-order valence-electron chi connectivity index (χ3n) is 6.27. The van der Waals surface area contributed by atoms with E-state index in [1.807, 2.05) is 5.32 Å². The van der Waals surface area contributed by atoms with Gasteiger partial charge in [0.2, 0.25) is 5.91 Å². The highest BCUT2D eigenvalue weighted by molar-refractivity contribution is 7.92. The number of aromatic nitrogens is 1. The summed E-state index contributed by atoms with van der Waals surface area (Å²) in [4.78, 5) is 26.2. The van der Waals surface area contributed by atoms with E-state index >= 15 is 0 Å². The molecule has 1 aliphatic rings. The van der Waals surface area contributed by atoms with Crippen molar-refractivity contribution >= 4 is 44.3 Å². The number of amides is 1. The average molecular weight is 535 g/mol. The summed E-state index contributed by atoms with van der Waals surface area (Å²) in [7, 11) is -4.15. The SMILES string of the molecule is CC(C)(C)OC(=O)n1c2c(c3cc(Cl)ccc31)CCC(C(C(=O)NCF)S(=O)(=O)c1ccccc1)C2. The predicted molar refractivity (Wildman–Crippen MR) is 136 cm³/mol. The Balaban J connectivity index is 1.83. The first-order valence-corrected chi connectivity index (χ1v) is 13.5. The lowest BCUT2D eigenvalue weighted by molar-refractivity contribution is -0.122. The number of benzene rings is 2. The molecule has 7 nitrogen and oxygen atoms in total. The summed E-state index contributed by atoms with van der Waals surface area (Å²) >= 11 is 6.25. The zero-order chi connectivity index (χ0) is 26.3. The van der Waals surface area contributed by atoms with Gasteiger partial charge in [-0.2, -0.15) is 0 Å². The van der Waals surface area contributed by atoms with E-state index in [2.05, 4.69) is 0 Å². The number of aryl methyl sites for hydroxylation is 1. The van der Waals surface area contributed by atoms with Crippen LogP contribution in [0.4, 0.5) is 9.18 Å². The van der Waals surface area contributed by atoms with Crippen molar-refractivity contribution in [2.24, 2.45) is 5.92 Å². The predicted octanol–water partition coefficient (Wildman–Crippen LogP) is 5.07. The zero-order valence-corrected chi connectivity index (χ0v) is 21.8. The monoisotopic (exact) mass is 534 g/mol.